The van der Waals surface area contributed by atoms with E-state index >= 15 is 0 Å². The Bertz CT molecular complexity index is 655. The number of likely N-dealkylation sites (tertiary alicyclic amines) is 1. The summed E-state index contributed by atoms with van der Waals surface area (Å²) in [7, 11) is 3.48. The van der Waals surface area contributed by atoms with E-state index in [4.69, 9.17) is 9.47 Å². The number of rotatable bonds is 5. The van der Waals surface area contributed by atoms with E-state index in [1.165, 1.54) is 5.56 Å². The van der Waals surface area contributed by atoms with E-state index in [1.807, 2.05) is 32.9 Å². The molecule has 1 aliphatic heterocycles. The predicted octanol–water partition coefficient (Wildman–Crippen LogP) is 2.51. The fourth-order valence-corrected chi connectivity index (χ4v) is 3.08. The molecule has 0 saturated carbocycles. The monoisotopic (exact) mass is 376 g/mol. The third-order valence-corrected chi connectivity index (χ3v) is 4.28. The van der Waals surface area contributed by atoms with Crippen molar-refractivity contribution in [3.8, 4) is 0 Å². The highest BCUT2D eigenvalue weighted by molar-refractivity contribution is 5.80. The maximum atomic E-state index is 12.0. The van der Waals surface area contributed by atoms with Gasteiger partial charge in [0.15, 0.2) is 5.96 Å². The van der Waals surface area contributed by atoms with Crippen molar-refractivity contribution in [1.29, 1.82) is 0 Å². The number of carbonyl (C=O) groups excluding carboxylic acids is 1. The zero-order valence-corrected chi connectivity index (χ0v) is 17.0. The number of amides is 1. The quantitative estimate of drug-likeness (QED) is 0.610. The molecule has 27 heavy (non-hydrogen) atoms. The van der Waals surface area contributed by atoms with E-state index in [-0.39, 0.29) is 12.1 Å². The van der Waals surface area contributed by atoms with Crippen molar-refractivity contribution < 1.29 is 14.3 Å². The third-order valence-electron chi connectivity index (χ3n) is 4.28. The summed E-state index contributed by atoms with van der Waals surface area (Å²) in [4.78, 5) is 18.5. The SMILES string of the molecule is CN=C(NCc1ccccc1COC)N1CCC(NC(=O)OC(C)(C)C)C1. The Labute approximate surface area is 162 Å². The number of aliphatic imine (C=N–C) groups is 1. The first-order chi connectivity index (χ1) is 12.8. The van der Waals surface area contributed by atoms with Gasteiger partial charge in [-0.3, -0.25) is 4.99 Å². The van der Waals surface area contributed by atoms with Crippen LogP contribution in [0.2, 0.25) is 0 Å². The minimum atomic E-state index is -0.491. The van der Waals surface area contributed by atoms with Gasteiger partial charge < -0.3 is 25.0 Å². The molecule has 1 aromatic rings. The summed E-state index contributed by atoms with van der Waals surface area (Å²) in [5.74, 6) is 0.829. The summed E-state index contributed by atoms with van der Waals surface area (Å²) in [6.07, 6.45) is 0.492. The molecule has 0 bridgehead atoms. The molecule has 1 saturated heterocycles. The van der Waals surface area contributed by atoms with Crippen molar-refractivity contribution in [2.24, 2.45) is 4.99 Å². The molecule has 0 aliphatic carbocycles. The lowest BCUT2D eigenvalue weighted by molar-refractivity contribution is 0.0507. The largest absolute Gasteiger partial charge is 0.444 e. The van der Waals surface area contributed by atoms with Crippen molar-refractivity contribution in [1.82, 2.24) is 15.5 Å². The average Bonchev–Trinajstić information content (AvgIpc) is 3.03. The fourth-order valence-electron chi connectivity index (χ4n) is 3.08. The number of hydrogen-bond acceptors (Lipinski definition) is 4. The number of guanidine groups is 1. The number of nitrogens with zero attached hydrogens (tertiary/aromatic N) is 2. The Morgan fingerprint density at radius 1 is 1.30 bits per heavy atom. The van der Waals surface area contributed by atoms with E-state index in [2.05, 4.69) is 32.7 Å². The highest BCUT2D eigenvalue weighted by Gasteiger charge is 2.27. The zero-order chi connectivity index (χ0) is 19.9. The minimum absolute atomic E-state index is 0.0548. The molecule has 0 spiro atoms. The van der Waals surface area contributed by atoms with Gasteiger partial charge in [-0.15, -0.1) is 0 Å². The molecule has 0 aromatic heterocycles. The first-order valence-electron chi connectivity index (χ1n) is 9.33. The molecule has 1 heterocycles. The number of ether oxygens (including phenoxy) is 2. The summed E-state index contributed by atoms with van der Waals surface area (Å²) >= 11 is 0. The van der Waals surface area contributed by atoms with Crippen LogP contribution in [0.15, 0.2) is 29.3 Å². The highest BCUT2D eigenvalue weighted by atomic mass is 16.6. The Hall–Kier alpha value is -2.28. The van der Waals surface area contributed by atoms with Crippen molar-refractivity contribution >= 4 is 12.1 Å². The number of benzene rings is 1. The lowest BCUT2D eigenvalue weighted by atomic mass is 10.1. The summed E-state index contributed by atoms with van der Waals surface area (Å²) in [6.45, 7) is 8.38. The van der Waals surface area contributed by atoms with E-state index < -0.39 is 5.60 Å². The second-order valence-electron chi connectivity index (χ2n) is 7.68. The molecule has 1 fully saturated rings. The average molecular weight is 377 g/mol. The van der Waals surface area contributed by atoms with Crippen LogP contribution in [0.3, 0.4) is 0 Å². The van der Waals surface area contributed by atoms with E-state index in [0.29, 0.717) is 19.7 Å². The standard InChI is InChI=1S/C20H32N4O3/c1-20(2,3)27-19(25)23-17-10-11-24(13-17)18(21-4)22-12-15-8-6-7-9-16(15)14-26-5/h6-9,17H,10-14H2,1-5H3,(H,21,22)(H,23,25). The van der Waals surface area contributed by atoms with Gasteiger partial charge in [-0.1, -0.05) is 24.3 Å². The number of nitrogens with one attached hydrogen (secondary N) is 2. The molecule has 2 N–H and O–H groups in total. The molecule has 7 heteroatoms. The van der Waals surface area contributed by atoms with Gasteiger partial charge in [0.25, 0.3) is 0 Å². The van der Waals surface area contributed by atoms with Crippen LogP contribution in [0.4, 0.5) is 4.79 Å². The maximum absolute atomic E-state index is 12.0. The summed E-state index contributed by atoms with van der Waals surface area (Å²) in [6, 6.07) is 8.25. The number of hydrogen-bond donors (Lipinski definition) is 2. The van der Waals surface area contributed by atoms with Crippen LogP contribution >= 0.6 is 0 Å². The van der Waals surface area contributed by atoms with Gasteiger partial charge in [0.05, 0.1) is 12.6 Å². The minimum Gasteiger partial charge on any atom is -0.444 e. The first-order valence-corrected chi connectivity index (χ1v) is 9.33. The van der Waals surface area contributed by atoms with Crippen LogP contribution in [0.25, 0.3) is 0 Å². The van der Waals surface area contributed by atoms with Gasteiger partial charge >= 0.3 is 6.09 Å². The highest BCUT2D eigenvalue weighted by Crippen LogP contribution is 2.13. The summed E-state index contributed by atoms with van der Waals surface area (Å²) in [5, 5.41) is 6.36. The molecule has 150 valence electrons. The van der Waals surface area contributed by atoms with Crippen molar-refractivity contribution in [3.05, 3.63) is 35.4 Å². The Balaban J connectivity index is 1.87. The van der Waals surface area contributed by atoms with Crippen LogP contribution < -0.4 is 10.6 Å². The van der Waals surface area contributed by atoms with E-state index in [0.717, 1.165) is 24.5 Å². The molecule has 1 amide bonds. The molecule has 2 rings (SSSR count). The smallest absolute Gasteiger partial charge is 0.407 e. The molecular formula is C20H32N4O3. The second kappa shape index (κ2) is 9.60. The molecular weight excluding hydrogens is 344 g/mol. The fraction of sp³-hybridized carbons (Fsp3) is 0.600. The van der Waals surface area contributed by atoms with Gasteiger partial charge in [0.2, 0.25) is 0 Å². The molecule has 1 aromatic carbocycles. The molecule has 1 atom stereocenters. The first kappa shape index (κ1) is 21.0. The maximum Gasteiger partial charge on any atom is 0.407 e. The number of carbonyl (C=O) groups is 1. The van der Waals surface area contributed by atoms with E-state index in [1.54, 1.807) is 14.2 Å². The third kappa shape index (κ3) is 6.75. The molecule has 1 aliphatic rings. The van der Waals surface area contributed by atoms with E-state index in [9.17, 15) is 4.79 Å². The van der Waals surface area contributed by atoms with Gasteiger partial charge in [0.1, 0.15) is 5.60 Å². The van der Waals surface area contributed by atoms with Gasteiger partial charge in [-0.05, 0) is 38.3 Å². The van der Waals surface area contributed by atoms with Crippen LogP contribution in [-0.2, 0) is 22.6 Å². The second-order valence-corrected chi connectivity index (χ2v) is 7.68. The molecule has 1 unspecified atom stereocenters. The summed E-state index contributed by atoms with van der Waals surface area (Å²) < 4.78 is 10.6. The predicted molar refractivity (Wildman–Crippen MR) is 107 cm³/mol. The molecule has 7 nitrogen and oxygen atoms in total. The van der Waals surface area contributed by atoms with Gasteiger partial charge in [-0.2, -0.15) is 0 Å². The lowest BCUT2D eigenvalue weighted by Gasteiger charge is -2.23. The zero-order valence-electron chi connectivity index (χ0n) is 17.0. The lowest BCUT2D eigenvalue weighted by Crippen LogP contribution is -2.44. The van der Waals surface area contributed by atoms with Gasteiger partial charge in [0, 0.05) is 33.8 Å². The van der Waals surface area contributed by atoms with Crippen molar-refractivity contribution in [3.63, 3.8) is 0 Å². The number of alkyl carbamates (subject to hydrolysis) is 1. The van der Waals surface area contributed by atoms with Crippen LogP contribution in [0, 0.1) is 0 Å². The van der Waals surface area contributed by atoms with Gasteiger partial charge in [-0.25, -0.2) is 4.79 Å². The topological polar surface area (TPSA) is 75.2 Å². The summed E-state index contributed by atoms with van der Waals surface area (Å²) in [5.41, 5.74) is 1.85. The van der Waals surface area contributed by atoms with Crippen LogP contribution in [-0.4, -0.2) is 55.8 Å². The molecule has 0 radical (unpaired) electrons. The van der Waals surface area contributed by atoms with Crippen molar-refractivity contribution in [2.75, 3.05) is 27.2 Å². The normalized spacial score (nSPS) is 17.7. The Morgan fingerprint density at radius 2 is 2.00 bits per heavy atom. The van der Waals surface area contributed by atoms with Crippen LogP contribution in [0.1, 0.15) is 38.3 Å². The Kier molecular flexibility index (Phi) is 7.47. The number of methoxy groups -OCH3 is 1. The van der Waals surface area contributed by atoms with Crippen LogP contribution in [0.5, 0.6) is 0 Å². The van der Waals surface area contributed by atoms with Crippen molar-refractivity contribution in [2.45, 2.75) is 52.0 Å². The Morgan fingerprint density at radius 3 is 2.63 bits per heavy atom.